The molecule has 1 heterocycles. The predicted octanol–water partition coefficient (Wildman–Crippen LogP) is 14.8. The van der Waals surface area contributed by atoms with Crippen LogP contribution in [0.5, 0.6) is 0 Å². The Bertz CT molecular complexity index is 2900. The topological polar surface area (TPSA) is 3.24 Å². The highest BCUT2D eigenvalue weighted by molar-refractivity contribution is 7.26. The van der Waals surface area contributed by atoms with Crippen LogP contribution in [0, 0.1) is 0 Å². The number of anilines is 3. The summed E-state index contributed by atoms with van der Waals surface area (Å²) in [5.41, 5.74) is 10.7. The van der Waals surface area contributed by atoms with Crippen LogP contribution in [-0.4, -0.2) is 0 Å². The minimum atomic E-state index is 1.12. The third-order valence-electron chi connectivity index (χ3n) is 10.2. The molecule has 0 bridgehead atoms. The van der Waals surface area contributed by atoms with Gasteiger partial charge in [0.1, 0.15) is 0 Å². The summed E-state index contributed by atoms with van der Waals surface area (Å²) in [7, 11) is 0. The van der Waals surface area contributed by atoms with Gasteiger partial charge in [-0.3, -0.25) is 0 Å². The number of fused-ring (bicyclic) bond motifs is 5. The Hall–Kier alpha value is -6.48. The molecule has 1 aromatic heterocycles. The van der Waals surface area contributed by atoms with Gasteiger partial charge in [0.25, 0.3) is 0 Å². The number of thiophene rings is 1. The minimum Gasteiger partial charge on any atom is -0.310 e. The van der Waals surface area contributed by atoms with Crippen LogP contribution in [0.3, 0.4) is 0 Å². The maximum Gasteiger partial charge on any atom is 0.0554 e. The van der Waals surface area contributed by atoms with E-state index < -0.39 is 0 Å². The molecule has 10 rings (SSSR count). The number of hydrogen-bond acceptors (Lipinski definition) is 2. The monoisotopic (exact) mass is 679 g/mol. The smallest absolute Gasteiger partial charge is 0.0554 e. The molecule has 0 fully saturated rings. The molecule has 0 aliphatic heterocycles. The first-order chi connectivity index (χ1) is 25.8. The third kappa shape index (κ3) is 5.33. The van der Waals surface area contributed by atoms with Crippen LogP contribution in [0.4, 0.5) is 17.1 Å². The Morgan fingerprint density at radius 1 is 0.327 bits per heavy atom. The van der Waals surface area contributed by atoms with E-state index in [1.807, 2.05) is 11.3 Å². The molecule has 0 unspecified atom stereocenters. The summed E-state index contributed by atoms with van der Waals surface area (Å²) in [6.07, 6.45) is 0. The summed E-state index contributed by atoms with van der Waals surface area (Å²) in [4.78, 5) is 2.43. The van der Waals surface area contributed by atoms with Crippen LogP contribution in [0.1, 0.15) is 0 Å². The Labute approximate surface area is 307 Å². The molecular weight excluding hydrogens is 647 g/mol. The van der Waals surface area contributed by atoms with Gasteiger partial charge in [-0.15, -0.1) is 11.3 Å². The number of rotatable bonds is 6. The van der Waals surface area contributed by atoms with Gasteiger partial charge in [-0.1, -0.05) is 146 Å². The number of hydrogen-bond donors (Lipinski definition) is 0. The van der Waals surface area contributed by atoms with Gasteiger partial charge in [0, 0.05) is 31.5 Å². The molecule has 0 spiro atoms. The minimum absolute atomic E-state index is 1.12. The van der Waals surface area contributed by atoms with E-state index in [0.717, 1.165) is 11.4 Å². The van der Waals surface area contributed by atoms with Crippen LogP contribution in [0.25, 0.3) is 75.1 Å². The molecule has 10 aromatic rings. The summed E-state index contributed by atoms with van der Waals surface area (Å²) in [5.74, 6) is 0. The van der Waals surface area contributed by atoms with E-state index in [0.29, 0.717) is 0 Å². The van der Waals surface area contributed by atoms with Crippen molar-refractivity contribution in [3.05, 3.63) is 200 Å². The Balaban J connectivity index is 1.10. The maximum atomic E-state index is 2.43. The summed E-state index contributed by atoms with van der Waals surface area (Å²) < 4.78 is 2.59. The fraction of sp³-hybridized carbons (Fsp3) is 0. The molecule has 52 heavy (non-hydrogen) atoms. The first-order valence-electron chi connectivity index (χ1n) is 17.8. The quantitative estimate of drug-likeness (QED) is 0.169. The van der Waals surface area contributed by atoms with Crippen molar-refractivity contribution >= 4 is 70.1 Å². The van der Waals surface area contributed by atoms with Crippen LogP contribution >= 0.6 is 11.3 Å². The van der Waals surface area contributed by atoms with Gasteiger partial charge in [-0.2, -0.15) is 0 Å². The van der Waals surface area contributed by atoms with Crippen LogP contribution in [0.15, 0.2) is 200 Å². The molecule has 9 aromatic carbocycles. The van der Waals surface area contributed by atoms with Gasteiger partial charge in [-0.25, -0.2) is 0 Å². The lowest BCUT2D eigenvalue weighted by atomic mass is 9.95. The third-order valence-corrected chi connectivity index (χ3v) is 11.4. The van der Waals surface area contributed by atoms with Crippen molar-refractivity contribution < 1.29 is 0 Å². The van der Waals surface area contributed by atoms with Crippen LogP contribution < -0.4 is 4.90 Å². The standard InChI is InChI=1S/C50H33NS/c1-2-12-36(13-3-1)44-19-9-16-41-32-39(27-30-45(41)44)35-25-28-42(29-26-35)51(47-20-10-22-49-50(47)46-18-6-7-21-48(46)52-49)43-17-8-15-38(33-43)40-24-23-34-11-4-5-14-37(34)31-40/h1-33H. The summed E-state index contributed by atoms with van der Waals surface area (Å²) >= 11 is 1.86. The lowest BCUT2D eigenvalue weighted by molar-refractivity contribution is 1.30. The normalized spacial score (nSPS) is 11.5. The van der Waals surface area contributed by atoms with Crippen molar-refractivity contribution in [1.82, 2.24) is 0 Å². The molecule has 0 N–H and O–H groups in total. The molecule has 0 saturated heterocycles. The van der Waals surface area contributed by atoms with Crippen molar-refractivity contribution in [2.24, 2.45) is 0 Å². The summed E-state index contributed by atoms with van der Waals surface area (Å²) in [6, 6.07) is 73.0. The highest BCUT2D eigenvalue weighted by Gasteiger charge is 2.19. The van der Waals surface area contributed by atoms with Crippen molar-refractivity contribution in [3.8, 4) is 33.4 Å². The molecule has 0 atom stereocenters. The van der Waals surface area contributed by atoms with Crippen molar-refractivity contribution in [3.63, 3.8) is 0 Å². The molecular formula is C50H33NS. The highest BCUT2D eigenvalue weighted by atomic mass is 32.1. The molecule has 244 valence electrons. The average Bonchev–Trinajstić information content (AvgIpc) is 3.61. The maximum absolute atomic E-state index is 2.43. The second kappa shape index (κ2) is 12.7. The van der Waals surface area contributed by atoms with Gasteiger partial charge in [0.05, 0.1) is 5.69 Å². The number of benzene rings is 9. The predicted molar refractivity (Wildman–Crippen MR) is 225 cm³/mol. The van der Waals surface area contributed by atoms with Gasteiger partial charge in [0.2, 0.25) is 0 Å². The van der Waals surface area contributed by atoms with E-state index >= 15 is 0 Å². The van der Waals surface area contributed by atoms with Gasteiger partial charge in [0.15, 0.2) is 0 Å². The average molecular weight is 680 g/mol. The highest BCUT2D eigenvalue weighted by Crippen LogP contribution is 2.45. The Morgan fingerprint density at radius 3 is 1.87 bits per heavy atom. The molecule has 0 aliphatic carbocycles. The van der Waals surface area contributed by atoms with E-state index in [-0.39, 0.29) is 0 Å². The van der Waals surface area contributed by atoms with E-state index in [1.54, 1.807) is 0 Å². The fourth-order valence-corrected chi connectivity index (χ4v) is 8.83. The second-order valence-corrected chi connectivity index (χ2v) is 14.4. The van der Waals surface area contributed by atoms with E-state index in [9.17, 15) is 0 Å². The summed E-state index contributed by atoms with van der Waals surface area (Å²) in [5, 5.41) is 7.58. The van der Waals surface area contributed by atoms with Gasteiger partial charge < -0.3 is 4.90 Å². The van der Waals surface area contributed by atoms with E-state index in [1.165, 1.54) is 80.8 Å². The van der Waals surface area contributed by atoms with Crippen LogP contribution in [-0.2, 0) is 0 Å². The first kappa shape index (κ1) is 30.4. The van der Waals surface area contributed by atoms with Crippen molar-refractivity contribution in [1.29, 1.82) is 0 Å². The molecule has 1 nitrogen and oxygen atoms in total. The van der Waals surface area contributed by atoms with Crippen LogP contribution in [0.2, 0.25) is 0 Å². The first-order valence-corrected chi connectivity index (χ1v) is 18.6. The zero-order valence-corrected chi connectivity index (χ0v) is 29.2. The van der Waals surface area contributed by atoms with E-state index in [2.05, 4.69) is 205 Å². The molecule has 0 radical (unpaired) electrons. The Kier molecular flexibility index (Phi) is 7.41. The zero-order valence-electron chi connectivity index (χ0n) is 28.4. The molecule has 0 saturated carbocycles. The lowest BCUT2D eigenvalue weighted by Gasteiger charge is -2.27. The molecule has 0 amide bonds. The second-order valence-electron chi connectivity index (χ2n) is 13.4. The van der Waals surface area contributed by atoms with Crippen molar-refractivity contribution in [2.75, 3.05) is 4.90 Å². The largest absolute Gasteiger partial charge is 0.310 e. The van der Waals surface area contributed by atoms with Gasteiger partial charge in [-0.05, 0) is 110 Å². The fourth-order valence-electron chi connectivity index (χ4n) is 7.70. The zero-order chi connectivity index (χ0) is 34.4. The Morgan fingerprint density at radius 2 is 0.962 bits per heavy atom. The van der Waals surface area contributed by atoms with Gasteiger partial charge >= 0.3 is 0 Å². The van der Waals surface area contributed by atoms with E-state index in [4.69, 9.17) is 0 Å². The molecule has 2 heteroatoms. The lowest BCUT2D eigenvalue weighted by Crippen LogP contribution is -2.10. The SMILES string of the molecule is c1ccc(-c2cccc3cc(-c4ccc(N(c5cccc(-c6ccc7ccccc7c6)c5)c5cccc6sc7ccccc7c56)cc4)ccc23)cc1. The summed E-state index contributed by atoms with van der Waals surface area (Å²) in [6.45, 7) is 0. The van der Waals surface area contributed by atoms with Crippen molar-refractivity contribution in [2.45, 2.75) is 0 Å². The number of nitrogens with zero attached hydrogens (tertiary/aromatic N) is 1. The molecule has 0 aliphatic rings.